The van der Waals surface area contributed by atoms with Gasteiger partial charge < -0.3 is 14.5 Å². The van der Waals surface area contributed by atoms with Crippen molar-refractivity contribution in [2.75, 3.05) is 11.9 Å². The average molecular weight is 299 g/mol. The van der Waals surface area contributed by atoms with E-state index in [4.69, 9.17) is 9.15 Å². The average Bonchev–Trinajstić information content (AvgIpc) is 3.05. The Hall–Kier alpha value is -2.82. The molecule has 1 aromatic carbocycles. The van der Waals surface area contributed by atoms with E-state index in [-0.39, 0.29) is 12.5 Å². The molecule has 0 aliphatic carbocycles. The fourth-order valence-corrected chi connectivity index (χ4v) is 1.74. The third-order valence-electron chi connectivity index (χ3n) is 2.92. The third-order valence-corrected chi connectivity index (χ3v) is 2.92. The number of hydrogen-bond acceptors (Lipinski definition) is 4. The van der Waals surface area contributed by atoms with E-state index in [1.165, 1.54) is 24.0 Å². The number of benzene rings is 1. The fraction of sp³-hybridized carbons (Fsp3) is 0.176. The summed E-state index contributed by atoms with van der Waals surface area (Å²) in [5.74, 6) is -0.450. The van der Waals surface area contributed by atoms with E-state index in [2.05, 4.69) is 12.2 Å². The first-order chi connectivity index (χ1) is 10.7. The Bertz CT molecular complexity index is 642. The first-order valence-electron chi connectivity index (χ1n) is 6.94. The highest BCUT2D eigenvalue weighted by molar-refractivity contribution is 5.94. The van der Waals surface area contributed by atoms with E-state index in [0.717, 1.165) is 6.42 Å². The predicted molar refractivity (Wildman–Crippen MR) is 83.2 cm³/mol. The fourth-order valence-electron chi connectivity index (χ4n) is 1.74. The molecule has 22 heavy (non-hydrogen) atoms. The smallest absolute Gasteiger partial charge is 0.331 e. The third kappa shape index (κ3) is 4.94. The summed E-state index contributed by atoms with van der Waals surface area (Å²) in [6, 6.07) is 10.9. The Labute approximate surface area is 128 Å². The van der Waals surface area contributed by atoms with Crippen LogP contribution in [0.4, 0.5) is 5.69 Å². The van der Waals surface area contributed by atoms with E-state index >= 15 is 0 Å². The van der Waals surface area contributed by atoms with Crippen LogP contribution in [0.1, 0.15) is 18.2 Å². The normalized spacial score (nSPS) is 10.6. The molecule has 0 atom stereocenters. The van der Waals surface area contributed by atoms with Crippen molar-refractivity contribution in [2.24, 2.45) is 0 Å². The standard InChI is InChI=1S/C17H17NO4/c1-2-13-5-7-14(8-6-13)18-16(19)12-22-17(20)10-9-15-4-3-11-21-15/h3-11H,2,12H2,1H3,(H,18,19)/b10-9+. The molecule has 0 aliphatic heterocycles. The summed E-state index contributed by atoms with van der Waals surface area (Å²) >= 11 is 0. The zero-order valence-electron chi connectivity index (χ0n) is 12.2. The Morgan fingerprint density at radius 2 is 2.00 bits per heavy atom. The van der Waals surface area contributed by atoms with Gasteiger partial charge >= 0.3 is 5.97 Å². The highest BCUT2D eigenvalue weighted by Gasteiger charge is 2.05. The van der Waals surface area contributed by atoms with Gasteiger partial charge in [-0.05, 0) is 42.3 Å². The lowest BCUT2D eigenvalue weighted by Crippen LogP contribution is -2.20. The highest BCUT2D eigenvalue weighted by atomic mass is 16.5. The lowest BCUT2D eigenvalue weighted by Gasteiger charge is -2.06. The summed E-state index contributed by atoms with van der Waals surface area (Å²) in [6.45, 7) is 1.72. The summed E-state index contributed by atoms with van der Waals surface area (Å²) in [6.07, 6.45) is 5.13. The molecule has 0 radical (unpaired) electrons. The van der Waals surface area contributed by atoms with Gasteiger partial charge in [0.2, 0.25) is 0 Å². The van der Waals surface area contributed by atoms with Crippen LogP contribution in [-0.4, -0.2) is 18.5 Å². The number of ether oxygens (including phenoxy) is 1. The van der Waals surface area contributed by atoms with Gasteiger partial charge in [-0.3, -0.25) is 4.79 Å². The minimum Gasteiger partial charge on any atom is -0.465 e. The maximum atomic E-state index is 11.7. The number of carbonyl (C=O) groups is 2. The van der Waals surface area contributed by atoms with Gasteiger partial charge in [-0.25, -0.2) is 4.79 Å². The van der Waals surface area contributed by atoms with Crippen molar-refractivity contribution in [3.8, 4) is 0 Å². The van der Waals surface area contributed by atoms with Gasteiger partial charge in [-0.15, -0.1) is 0 Å². The van der Waals surface area contributed by atoms with Gasteiger partial charge in [0.05, 0.1) is 6.26 Å². The number of aryl methyl sites for hydroxylation is 1. The molecule has 5 heteroatoms. The quantitative estimate of drug-likeness (QED) is 0.657. The zero-order chi connectivity index (χ0) is 15.8. The summed E-state index contributed by atoms with van der Waals surface area (Å²) < 4.78 is 9.87. The van der Waals surface area contributed by atoms with Crippen molar-refractivity contribution in [1.29, 1.82) is 0 Å². The summed E-state index contributed by atoms with van der Waals surface area (Å²) in [7, 11) is 0. The van der Waals surface area contributed by atoms with Crippen LogP contribution in [0.3, 0.4) is 0 Å². The molecule has 0 spiro atoms. The van der Waals surface area contributed by atoms with Gasteiger partial charge in [0.1, 0.15) is 5.76 Å². The maximum Gasteiger partial charge on any atom is 0.331 e. The first kappa shape index (κ1) is 15.6. The Morgan fingerprint density at radius 1 is 1.23 bits per heavy atom. The molecular weight excluding hydrogens is 282 g/mol. The topological polar surface area (TPSA) is 68.5 Å². The second-order valence-electron chi connectivity index (χ2n) is 4.56. The molecule has 0 aliphatic rings. The number of carbonyl (C=O) groups excluding carboxylic acids is 2. The monoisotopic (exact) mass is 299 g/mol. The van der Waals surface area contributed by atoms with Gasteiger partial charge in [0, 0.05) is 11.8 Å². The van der Waals surface area contributed by atoms with E-state index in [0.29, 0.717) is 11.4 Å². The molecule has 1 amide bonds. The molecule has 2 rings (SSSR count). The molecule has 0 saturated heterocycles. The molecule has 2 aromatic rings. The van der Waals surface area contributed by atoms with E-state index in [1.807, 2.05) is 24.3 Å². The second-order valence-corrected chi connectivity index (χ2v) is 4.56. The molecular formula is C17H17NO4. The van der Waals surface area contributed by atoms with Gasteiger partial charge in [0.25, 0.3) is 5.91 Å². The minimum atomic E-state index is -0.604. The van der Waals surface area contributed by atoms with Crippen molar-refractivity contribution in [3.05, 3.63) is 60.1 Å². The Morgan fingerprint density at radius 3 is 2.64 bits per heavy atom. The summed E-state index contributed by atoms with van der Waals surface area (Å²) in [5, 5.41) is 2.66. The molecule has 114 valence electrons. The summed E-state index contributed by atoms with van der Waals surface area (Å²) in [4.78, 5) is 23.1. The van der Waals surface area contributed by atoms with Crippen LogP contribution in [0.5, 0.6) is 0 Å². The number of nitrogens with one attached hydrogen (secondary N) is 1. The molecule has 0 bridgehead atoms. The Balaban J connectivity index is 1.75. The highest BCUT2D eigenvalue weighted by Crippen LogP contribution is 2.09. The summed E-state index contributed by atoms with van der Waals surface area (Å²) in [5.41, 5.74) is 1.86. The van der Waals surface area contributed by atoms with E-state index in [9.17, 15) is 9.59 Å². The van der Waals surface area contributed by atoms with Crippen molar-refractivity contribution < 1.29 is 18.7 Å². The number of anilines is 1. The van der Waals surface area contributed by atoms with Crippen molar-refractivity contribution >= 4 is 23.6 Å². The van der Waals surface area contributed by atoms with E-state index in [1.54, 1.807) is 12.1 Å². The predicted octanol–water partition coefficient (Wildman–Crippen LogP) is 3.04. The van der Waals surface area contributed by atoms with Crippen LogP contribution in [0.15, 0.2) is 53.2 Å². The van der Waals surface area contributed by atoms with Crippen molar-refractivity contribution in [1.82, 2.24) is 0 Å². The van der Waals surface area contributed by atoms with Gasteiger partial charge in [0.15, 0.2) is 6.61 Å². The molecule has 1 N–H and O–H groups in total. The largest absolute Gasteiger partial charge is 0.465 e. The number of furan rings is 1. The van der Waals surface area contributed by atoms with Gasteiger partial charge in [-0.2, -0.15) is 0 Å². The zero-order valence-corrected chi connectivity index (χ0v) is 12.2. The van der Waals surface area contributed by atoms with Crippen LogP contribution < -0.4 is 5.32 Å². The molecule has 0 fully saturated rings. The second kappa shape index (κ2) is 7.83. The lowest BCUT2D eigenvalue weighted by atomic mass is 10.1. The first-order valence-corrected chi connectivity index (χ1v) is 6.94. The maximum absolute atomic E-state index is 11.7. The van der Waals surface area contributed by atoms with Crippen LogP contribution in [0.2, 0.25) is 0 Å². The van der Waals surface area contributed by atoms with Gasteiger partial charge in [-0.1, -0.05) is 19.1 Å². The number of hydrogen-bond donors (Lipinski definition) is 1. The number of amides is 1. The van der Waals surface area contributed by atoms with Crippen molar-refractivity contribution in [3.63, 3.8) is 0 Å². The minimum absolute atomic E-state index is 0.336. The van der Waals surface area contributed by atoms with Crippen molar-refractivity contribution in [2.45, 2.75) is 13.3 Å². The molecule has 0 unspecified atom stereocenters. The lowest BCUT2D eigenvalue weighted by molar-refractivity contribution is -0.142. The molecule has 0 saturated carbocycles. The molecule has 5 nitrogen and oxygen atoms in total. The van der Waals surface area contributed by atoms with Crippen LogP contribution in [0, 0.1) is 0 Å². The number of esters is 1. The van der Waals surface area contributed by atoms with E-state index < -0.39 is 5.97 Å². The van der Waals surface area contributed by atoms with Crippen LogP contribution in [-0.2, 0) is 20.7 Å². The molecule has 1 heterocycles. The number of rotatable bonds is 6. The SMILES string of the molecule is CCc1ccc(NC(=O)COC(=O)/C=C/c2ccco2)cc1. The van der Waals surface area contributed by atoms with Crippen LogP contribution >= 0.6 is 0 Å². The van der Waals surface area contributed by atoms with Crippen LogP contribution in [0.25, 0.3) is 6.08 Å². The molecule has 1 aromatic heterocycles. The Kier molecular flexibility index (Phi) is 5.54.